The number of fused-ring (bicyclic) bond motifs is 1. The number of nitrogens with zero attached hydrogens (tertiary/aromatic N) is 2. The maximum absolute atomic E-state index is 12.7. The van der Waals surface area contributed by atoms with E-state index in [4.69, 9.17) is 4.74 Å². The Morgan fingerprint density at radius 2 is 2.16 bits per heavy atom. The SMILES string of the molecule is CCOC(=O)Nc1nnc(SC(C)C(=O)c2c[nH]c3ccccc23)s1. The Hall–Kier alpha value is -2.39. The van der Waals surface area contributed by atoms with Crippen LogP contribution < -0.4 is 5.32 Å². The lowest BCUT2D eigenvalue weighted by Gasteiger charge is -2.06. The van der Waals surface area contributed by atoms with Crippen LogP contribution in [0.2, 0.25) is 0 Å². The van der Waals surface area contributed by atoms with Gasteiger partial charge in [-0.25, -0.2) is 4.79 Å². The molecule has 1 aromatic carbocycles. The van der Waals surface area contributed by atoms with Crippen molar-refractivity contribution in [1.29, 1.82) is 0 Å². The van der Waals surface area contributed by atoms with Crippen molar-refractivity contribution in [3.63, 3.8) is 0 Å². The van der Waals surface area contributed by atoms with Crippen molar-refractivity contribution in [1.82, 2.24) is 15.2 Å². The van der Waals surface area contributed by atoms with Crippen molar-refractivity contribution in [2.45, 2.75) is 23.4 Å². The highest BCUT2D eigenvalue weighted by Crippen LogP contribution is 2.31. The highest BCUT2D eigenvalue weighted by Gasteiger charge is 2.21. The molecule has 0 saturated carbocycles. The topological polar surface area (TPSA) is 97.0 Å². The number of carbonyl (C=O) groups is 2. The van der Waals surface area contributed by atoms with E-state index in [1.165, 1.54) is 23.1 Å². The quantitative estimate of drug-likeness (QED) is 0.384. The molecule has 3 aromatic rings. The fraction of sp³-hybridized carbons (Fsp3) is 0.250. The molecule has 0 saturated heterocycles. The van der Waals surface area contributed by atoms with Gasteiger partial charge in [0.25, 0.3) is 0 Å². The average Bonchev–Trinajstić information content (AvgIpc) is 3.21. The van der Waals surface area contributed by atoms with Crippen molar-refractivity contribution in [3.8, 4) is 0 Å². The Morgan fingerprint density at radius 1 is 1.36 bits per heavy atom. The number of aromatic nitrogens is 3. The van der Waals surface area contributed by atoms with E-state index in [0.29, 0.717) is 15.0 Å². The third kappa shape index (κ3) is 3.99. The van der Waals surface area contributed by atoms with E-state index < -0.39 is 6.09 Å². The van der Waals surface area contributed by atoms with Crippen molar-refractivity contribution in [2.75, 3.05) is 11.9 Å². The van der Waals surface area contributed by atoms with E-state index in [1.807, 2.05) is 31.2 Å². The molecule has 1 amide bonds. The van der Waals surface area contributed by atoms with Gasteiger partial charge in [0.05, 0.1) is 11.9 Å². The van der Waals surface area contributed by atoms with Crippen LogP contribution in [0, 0.1) is 0 Å². The second-order valence-corrected chi connectivity index (χ2v) is 7.66. The number of amides is 1. The van der Waals surface area contributed by atoms with Crippen LogP contribution in [0.3, 0.4) is 0 Å². The van der Waals surface area contributed by atoms with Gasteiger partial charge in [-0.2, -0.15) is 0 Å². The molecule has 9 heteroatoms. The van der Waals surface area contributed by atoms with Gasteiger partial charge < -0.3 is 9.72 Å². The highest BCUT2D eigenvalue weighted by atomic mass is 32.2. The van der Waals surface area contributed by atoms with Crippen LogP contribution in [-0.2, 0) is 4.74 Å². The smallest absolute Gasteiger partial charge is 0.413 e. The standard InChI is InChI=1S/C16H16N4O3S2/c1-3-23-15(22)18-14-19-20-16(25-14)24-9(2)13(21)11-8-17-12-7-5-4-6-10(11)12/h4-9,17H,3H2,1-2H3,(H,18,19,22). The van der Waals surface area contributed by atoms with Gasteiger partial charge in [0.15, 0.2) is 10.1 Å². The Kier molecular flexibility index (Phi) is 5.34. The number of hydrogen-bond donors (Lipinski definition) is 2. The molecule has 25 heavy (non-hydrogen) atoms. The molecular weight excluding hydrogens is 360 g/mol. The molecule has 130 valence electrons. The normalized spacial score (nSPS) is 12.1. The fourth-order valence-electron chi connectivity index (χ4n) is 2.26. The molecule has 2 heterocycles. The molecule has 0 radical (unpaired) electrons. The summed E-state index contributed by atoms with van der Waals surface area (Å²) >= 11 is 2.51. The summed E-state index contributed by atoms with van der Waals surface area (Å²) in [6.07, 6.45) is 1.16. The van der Waals surface area contributed by atoms with E-state index in [1.54, 1.807) is 13.1 Å². The summed E-state index contributed by atoms with van der Waals surface area (Å²) in [6, 6.07) is 7.68. The number of hydrogen-bond acceptors (Lipinski definition) is 7. The number of ether oxygens (including phenoxy) is 1. The van der Waals surface area contributed by atoms with Gasteiger partial charge >= 0.3 is 6.09 Å². The van der Waals surface area contributed by atoms with Crippen LogP contribution in [0.15, 0.2) is 34.8 Å². The second-order valence-electron chi connectivity index (χ2n) is 5.09. The largest absolute Gasteiger partial charge is 0.450 e. The van der Waals surface area contributed by atoms with Crippen molar-refractivity contribution in [3.05, 3.63) is 36.0 Å². The summed E-state index contributed by atoms with van der Waals surface area (Å²) in [5.41, 5.74) is 1.59. The average molecular weight is 376 g/mol. The molecule has 3 rings (SSSR count). The highest BCUT2D eigenvalue weighted by molar-refractivity contribution is 8.02. The lowest BCUT2D eigenvalue weighted by atomic mass is 10.1. The monoisotopic (exact) mass is 376 g/mol. The number of anilines is 1. The minimum atomic E-state index is -0.571. The van der Waals surface area contributed by atoms with E-state index >= 15 is 0 Å². The summed E-state index contributed by atoms with van der Waals surface area (Å²) in [6.45, 7) is 3.83. The molecule has 0 aliphatic carbocycles. The van der Waals surface area contributed by atoms with Gasteiger partial charge in [-0.05, 0) is 19.9 Å². The third-order valence-electron chi connectivity index (χ3n) is 3.39. The van der Waals surface area contributed by atoms with Crippen molar-refractivity contribution in [2.24, 2.45) is 0 Å². The zero-order valence-electron chi connectivity index (χ0n) is 13.6. The number of benzene rings is 1. The molecule has 7 nitrogen and oxygen atoms in total. The van der Waals surface area contributed by atoms with Crippen LogP contribution in [0.5, 0.6) is 0 Å². The third-order valence-corrected chi connectivity index (χ3v) is 5.42. The molecule has 0 fully saturated rings. The number of rotatable bonds is 6. The molecular formula is C16H16N4O3S2. The first-order valence-electron chi connectivity index (χ1n) is 7.62. The Morgan fingerprint density at radius 3 is 2.96 bits per heavy atom. The molecule has 1 unspecified atom stereocenters. The summed E-state index contributed by atoms with van der Waals surface area (Å²) in [5.74, 6) is 0.0116. The molecule has 2 N–H and O–H groups in total. The van der Waals surface area contributed by atoms with Crippen LogP contribution in [-0.4, -0.2) is 38.9 Å². The summed E-state index contributed by atoms with van der Waals surface area (Å²) < 4.78 is 5.39. The van der Waals surface area contributed by atoms with Gasteiger partial charge in [0.2, 0.25) is 5.13 Å². The fourth-order valence-corrected chi connectivity index (χ4v) is 4.21. The predicted molar refractivity (Wildman–Crippen MR) is 98.5 cm³/mol. The van der Waals surface area contributed by atoms with E-state index in [0.717, 1.165) is 10.9 Å². The Balaban J connectivity index is 1.68. The summed E-state index contributed by atoms with van der Waals surface area (Å²) in [5, 5.41) is 11.3. The first-order valence-corrected chi connectivity index (χ1v) is 9.32. The van der Waals surface area contributed by atoms with Crippen LogP contribution in [0.25, 0.3) is 10.9 Å². The molecule has 0 spiro atoms. The lowest BCUT2D eigenvalue weighted by molar-refractivity contribution is 0.0995. The van der Waals surface area contributed by atoms with E-state index in [-0.39, 0.29) is 17.6 Å². The molecule has 0 aliphatic rings. The number of Topliss-reactive ketones (excluding diaryl/α,β-unsaturated/α-hetero) is 1. The molecule has 0 aliphatic heterocycles. The zero-order chi connectivity index (χ0) is 17.8. The van der Waals surface area contributed by atoms with Crippen LogP contribution in [0.4, 0.5) is 9.93 Å². The maximum atomic E-state index is 12.7. The summed E-state index contributed by atoms with van der Waals surface area (Å²) in [7, 11) is 0. The zero-order valence-corrected chi connectivity index (χ0v) is 15.2. The Bertz CT molecular complexity index is 906. The number of nitrogens with one attached hydrogen (secondary N) is 2. The first kappa shape index (κ1) is 17.4. The minimum Gasteiger partial charge on any atom is -0.450 e. The van der Waals surface area contributed by atoms with E-state index in [2.05, 4.69) is 20.5 Å². The van der Waals surface area contributed by atoms with Gasteiger partial charge in [0, 0.05) is 22.7 Å². The number of aromatic amines is 1. The molecule has 1 atom stereocenters. The number of H-pyrrole nitrogens is 1. The number of carbonyl (C=O) groups excluding carboxylic acids is 2. The van der Waals surface area contributed by atoms with Gasteiger partial charge in [0.1, 0.15) is 0 Å². The van der Waals surface area contributed by atoms with Crippen LogP contribution >= 0.6 is 23.1 Å². The Labute approximate surface area is 152 Å². The van der Waals surface area contributed by atoms with E-state index in [9.17, 15) is 9.59 Å². The number of thioether (sulfide) groups is 1. The van der Waals surface area contributed by atoms with Gasteiger partial charge in [-0.3, -0.25) is 10.1 Å². The van der Waals surface area contributed by atoms with Gasteiger partial charge in [-0.15, -0.1) is 10.2 Å². The second kappa shape index (κ2) is 7.66. The van der Waals surface area contributed by atoms with Crippen LogP contribution in [0.1, 0.15) is 24.2 Å². The molecule has 2 aromatic heterocycles. The minimum absolute atomic E-state index is 0.0116. The predicted octanol–water partition coefficient (Wildman–Crippen LogP) is 3.95. The number of para-hydroxylation sites is 1. The number of ketones is 1. The maximum Gasteiger partial charge on any atom is 0.413 e. The van der Waals surface area contributed by atoms with Crippen molar-refractivity contribution >= 4 is 51.0 Å². The molecule has 0 bridgehead atoms. The lowest BCUT2D eigenvalue weighted by Crippen LogP contribution is -2.13. The van der Waals surface area contributed by atoms with Gasteiger partial charge in [-0.1, -0.05) is 41.3 Å². The van der Waals surface area contributed by atoms with Crippen molar-refractivity contribution < 1.29 is 14.3 Å². The summed E-state index contributed by atoms with van der Waals surface area (Å²) in [4.78, 5) is 27.2. The first-order chi connectivity index (χ1) is 12.1.